The Kier molecular flexibility index (Phi) is 4.65. The Hall–Kier alpha value is -2.67. The lowest BCUT2D eigenvalue weighted by Gasteiger charge is -2.24. The monoisotopic (exact) mass is 464 g/mol. The van der Waals surface area contributed by atoms with Crippen molar-refractivity contribution in [3.05, 3.63) is 52.9 Å². The number of anilines is 2. The average molecular weight is 465 g/mol. The van der Waals surface area contributed by atoms with Crippen molar-refractivity contribution in [2.75, 3.05) is 11.5 Å². The van der Waals surface area contributed by atoms with Gasteiger partial charge in [0.05, 0.1) is 15.4 Å². The second-order valence-corrected chi connectivity index (χ2v) is 9.66. The third-order valence-corrected chi connectivity index (χ3v) is 7.26. The van der Waals surface area contributed by atoms with Gasteiger partial charge >= 0.3 is 0 Å². The van der Waals surface area contributed by atoms with E-state index in [1.54, 1.807) is 6.33 Å². The Balaban J connectivity index is 1.31. The van der Waals surface area contributed by atoms with Crippen LogP contribution >= 0.6 is 15.9 Å². The van der Waals surface area contributed by atoms with Gasteiger partial charge in [0.2, 0.25) is 0 Å². The lowest BCUT2D eigenvalue weighted by Crippen LogP contribution is -2.14. The Morgan fingerprint density at radius 1 is 1.17 bits per heavy atom. The first kappa shape index (κ1) is 19.3. The average Bonchev–Trinajstić information content (AvgIpc) is 3.32. The highest BCUT2D eigenvalue weighted by molar-refractivity contribution is 9.10. The molecular weight excluding hydrogens is 440 g/mol. The fourth-order valence-electron chi connectivity index (χ4n) is 4.84. The van der Waals surface area contributed by atoms with Crippen molar-refractivity contribution >= 4 is 49.5 Å². The summed E-state index contributed by atoms with van der Waals surface area (Å²) in [7, 11) is 0. The number of rotatable bonds is 4. The first-order chi connectivity index (χ1) is 14.4. The summed E-state index contributed by atoms with van der Waals surface area (Å²) in [5.74, 6) is 1.09. The smallest absolute Gasteiger partial charge is 0.145 e. The molecule has 1 unspecified atom stereocenters. The van der Waals surface area contributed by atoms with Crippen molar-refractivity contribution in [3.8, 4) is 0 Å². The molecule has 0 aliphatic heterocycles. The van der Waals surface area contributed by atoms with Gasteiger partial charge in [-0.1, -0.05) is 19.1 Å². The predicted molar refractivity (Wildman–Crippen MR) is 125 cm³/mol. The van der Waals surface area contributed by atoms with Crippen LogP contribution in [0.4, 0.5) is 11.6 Å². The van der Waals surface area contributed by atoms with Crippen LogP contribution in [0.3, 0.4) is 0 Å². The number of pyridine rings is 1. The maximum Gasteiger partial charge on any atom is 0.145 e. The van der Waals surface area contributed by atoms with Gasteiger partial charge in [-0.3, -0.25) is 0 Å². The Bertz CT molecular complexity index is 1250. The molecule has 2 atom stereocenters. The lowest BCUT2D eigenvalue weighted by atomic mass is 9.82. The van der Waals surface area contributed by atoms with Crippen molar-refractivity contribution in [1.82, 2.24) is 19.5 Å². The fourth-order valence-corrected chi connectivity index (χ4v) is 5.18. The molecule has 0 spiro atoms. The topological polar surface area (TPSA) is 95.6 Å². The number of hydrogen-bond donors (Lipinski definition) is 2. The molecule has 3 heterocycles. The van der Waals surface area contributed by atoms with E-state index in [0.717, 1.165) is 52.1 Å². The minimum atomic E-state index is 0.307. The highest BCUT2D eigenvalue weighted by Crippen LogP contribution is 2.47. The van der Waals surface area contributed by atoms with Gasteiger partial charge in [-0.25, -0.2) is 15.0 Å². The molecule has 1 aliphatic carbocycles. The highest BCUT2D eigenvalue weighted by atomic mass is 79.9. The van der Waals surface area contributed by atoms with Crippen molar-refractivity contribution in [2.45, 2.75) is 45.1 Å². The van der Waals surface area contributed by atoms with E-state index in [0.29, 0.717) is 23.1 Å². The number of aromatic nitrogens is 4. The van der Waals surface area contributed by atoms with Crippen molar-refractivity contribution < 1.29 is 0 Å². The molecule has 4 aromatic rings. The van der Waals surface area contributed by atoms with Gasteiger partial charge in [0.15, 0.2) is 0 Å². The van der Waals surface area contributed by atoms with Crippen molar-refractivity contribution in [1.29, 1.82) is 0 Å². The van der Waals surface area contributed by atoms with Crippen molar-refractivity contribution in [3.63, 3.8) is 0 Å². The zero-order chi connectivity index (χ0) is 20.9. The van der Waals surface area contributed by atoms with Gasteiger partial charge in [-0.05, 0) is 77.2 Å². The summed E-state index contributed by atoms with van der Waals surface area (Å²) in [6, 6.07) is 11.0. The summed E-state index contributed by atoms with van der Waals surface area (Å²) in [5, 5.41) is 2.05. The van der Waals surface area contributed by atoms with Crippen LogP contribution in [0.5, 0.6) is 0 Å². The van der Waals surface area contributed by atoms with Crippen LogP contribution < -0.4 is 11.5 Å². The third-order valence-electron chi connectivity index (χ3n) is 6.62. The largest absolute Gasteiger partial charge is 0.383 e. The first-order valence-electron chi connectivity index (χ1n) is 10.3. The summed E-state index contributed by atoms with van der Waals surface area (Å²) < 4.78 is 3.14. The molecule has 6 nitrogen and oxygen atoms in total. The summed E-state index contributed by atoms with van der Waals surface area (Å²) in [6.45, 7) is 2.41. The molecule has 5 rings (SSSR count). The number of nitrogens with two attached hydrogens (primary N) is 2. The van der Waals surface area contributed by atoms with Crippen LogP contribution in [0.2, 0.25) is 0 Å². The number of benzene rings is 1. The zero-order valence-electron chi connectivity index (χ0n) is 17.0. The minimum Gasteiger partial charge on any atom is -0.383 e. The molecule has 1 aromatic carbocycles. The van der Waals surface area contributed by atoms with Crippen LogP contribution in [0.15, 0.2) is 47.3 Å². The number of fused-ring (bicyclic) bond motifs is 2. The first-order valence-corrected chi connectivity index (χ1v) is 11.1. The quantitative estimate of drug-likeness (QED) is 0.428. The summed E-state index contributed by atoms with van der Waals surface area (Å²) in [5.41, 5.74) is 15.5. The van der Waals surface area contributed by atoms with Crippen LogP contribution in [0.25, 0.3) is 21.9 Å². The standard InChI is InChI=1S/C23H25BrN6/c1-23(7-4-14-2-3-15-11-18(24)21(26)29-19(15)10-14)8-5-16(12-23)30-9-6-17-20(25)27-13-28-22(17)30/h2-3,6,9-11,13,16H,4-5,7-8,12H2,1H3,(H2,26,29)(H2,25,27,28)/t16?,23-/m1/s1. The fraction of sp³-hybridized carbons (Fsp3) is 0.348. The molecule has 0 radical (unpaired) electrons. The SMILES string of the molecule is C[C@@]1(CCc2ccc3cc(Br)c(N)nc3c2)CCC(n2ccc3c(N)ncnc32)C1. The van der Waals surface area contributed by atoms with Gasteiger partial charge in [0, 0.05) is 17.6 Å². The number of aryl methyl sites for hydroxylation is 1. The molecule has 0 bridgehead atoms. The van der Waals surface area contributed by atoms with Gasteiger partial charge in [-0.2, -0.15) is 0 Å². The summed E-state index contributed by atoms with van der Waals surface area (Å²) >= 11 is 3.45. The van der Waals surface area contributed by atoms with Crippen LogP contribution in [0, 0.1) is 5.41 Å². The van der Waals surface area contributed by atoms with E-state index >= 15 is 0 Å². The molecule has 1 aliphatic rings. The Morgan fingerprint density at radius 3 is 2.90 bits per heavy atom. The molecule has 7 heteroatoms. The molecule has 154 valence electrons. The molecule has 0 amide bonds. The van der Waals surface area contributed by atoms with Crippen LogP contribution in [-0.4, -0.2) is 19.5 Å². The van der Waals surface area contributed by atoms with Crippen LogP contribution in [0.1, 0.15) is 44.2 Å². The summed E-state index contributed by atoms with van der Waals surface area (Å²) in [6.07, 6.45) is 9.38. The lowest BCUT2D eigenvalue weighted by molar-refractivity contribution is 0.295. The predicted octanol–water partition coefficient (Wildman–Crippen LogP) is 5.27. The molecule has 3 aromatic heterocycles. The molecule has 30 heavy (non-hydrogen) atoms. The van der Waals surface area contributed by atoms with E-state index < -0.39 is 0 Å². The normalized spacial score (nSPS) is 21.6. The second kappa shape index (κ2) is 7.23. The van der Waals surface area contributed by atoms with E-state index in [4.69, 9.17) is 11.5 Å². The maximum atomic E-state index is 6.01. The molecule has 1 fully saturated rings. The van der Waals surface area contributed by atoms with E-state index in [9.17, 15) is 0 Å². The van der Waals surface area contributed by atoms with Gasteiger partial charge in [0.1, 0.15) is 23.6 Å². The van der Waals surface area contributed by atoms with Crippen LogP contribution in [-0.2, 0) is 6.42 Å². The summed E-state index contributed by atoms with van der Waals surface area (Å²) in [4.78, 5) is 13.1. The third kappa shape index (κ3) is 3.41. The number of nitrogen functional groups attached to an aromatic ring is 2. The van der Waals surface area contributed by atoms with Crippen molar-refractivity contribution in [2.24, 2.45) is 5.41 Å². The Morgan fingerprint density at radius 2 is 2.03 bits per heavy atom. The van der Waals surface area contributed by atoms with E-state index in [1.807, 2.05) is 12.1 Å². The number of halogens is 1. The van der Waals surface area contributed by atoms with Gasteiger partial charge < -0.3 is 16.0 Å². The highest BCUT2D eigenvalue weighted by Gasteiger charge is 2.36. The van der Waals surface area contributed by atoms with Gasteiger partial charge in [0.25, 0.3) is 0 Å². The second-order valence-electron chi connectivity index (χ2n) is 8.81. The van der Waals surface area contributed by atoms with Gasteiger partial charge in [-0.15, -0.1) is 0 Å². The maximum absolute atomic E-state index is 6.01. The number of nitrogens with zero attached hydrogens (tertiary/aromatic N) is 4. The Labute approximate surface area is 183 Å². The molecule has 0 saturated heterocycles. The van der Waals surface area contributed by atoms with E-state index in [1.165, 1.54) is 12.0 Å². The molecular formula is C23H25BrN6. The van der Waals surface area contributed by atoms with E-state index in [-0.39, 0.29) is 0 Å². The number of hydrogen-bond acceptors (Lipinski definition) is 5. The molecule has 1 saturated carbocycles. The van der Waals surface area contributed by atoms with E-state index in [2.05, 4.69) is 66.8 Å². The minimum absolute atomic E-state index is 0.307. The molecule has 4 N–H and O–H groups in total. The zero-order valence-corrected chi connectivity index (χ0v) is 18.6.